The van der Waals surface area contributed by atoms with Gasteiger partial charge in [-0.2, -0.15) is 0 Å². The van der Waals surface area contributed by atoms with Crippen LogP contribution in [0, 0.1) is 0 Å². The van der Waals surface area contributed by atoms with E-state index in [1.165, 1.54) is 18.4 Å². The van der Waals surface area contributed by atoms with Crippen LogP contribution < -0.4 is 5.73 Å². The maximum atomic E-state index is 10.7. The second-order valence-electron chi connectivity index (χ2n) is 5.71. The Morgan fingerprint density at radius 2 is 2.21 bits per heavy atom. The van der Waals surface area contributed by atoms with Crippen LogP contribution in [-0.4, -0.2) is 35.6 Å². The second kappa shape index (κ2) is 4.53. The Hall–Kier alpha value is -1.55. The smallest absolute Gasteiger partial charge is 0.191 e. The molecule has 102 valence electrons. The number of guanidine groups is 1. The van der Waals surface area contributed by atoms with Gasteiger partial charge in [-0.05, 0) is 36.8 Å². The van der Waals surface area contributed by atoms with E-state index in [9.17, 15) is 5.11 Å². The average Bonchev–Trinajstić information content (AvgIpc) is 3.22. The van der Waals surface area contributed by atoms with E-state index in [1.807, 2.05) is 30.1 Å². The summed E-state index contributed by atoms with van der Waals surface area (Å²) in [6.07, 6.45) is 4.04. The lowest BCUT2D eigenvalue weighted by Gasteiger charge is -2.23. The fourth-order valence-corrected chi connectivity index (χ4v) is 2.80. The van der Waals surface area contributed by atoms with Crippen LogP contribution in [0.3, 0.4) is 0 Å². The van der Waals surface area contributed by atoms with Crippen molar-refractivity contribution in [2.75, 3.05) is 13.6 Å². The van der Waals surface area contributed by atoms with Gasteiger partial charge in [-0.15, -0.1) is 0 Å². The van der Waals surface area contributed by atoms with E-state index in [4.69, 9.17) is 5.73 Å². The SMILES string of the molecule is CN(C(N)=NCC1(O)CCc2ccccc21)C1CC1. The average molecular weight is 259 g/mol. The molecule has 0 radical (unpaired) electrons. The van der Waals surface area contributed by atoms with Gasteiger partial charge in [-0.3, -0.25) is 0 Å². The Bertz CT molecular complexity index is 510. The predicted molar refractivity (Wildman–Crippen MR) is 75.9 cm³/mol. The summed E-state index contributed by atoms with van der Waals surface area (Å²) in [7, 11) is 1.98. The third-order valence-electron chi connectivity index (χ3n) is 4.29. The third kappa shape index (κ3) is 2.32. The van der Waals surface area contributed by atoms with E-state index in [-0.39, 0.29) is 0 Å². The number of hydrogen-bond acceptors (Lipinski definition) is 2. The number of aliphatic hydroxyl groups is 1. The highest BCUT2D eigenvalue weighted by Crippen LogP contribution is 2.37. The largest absolute Gasteiger partial charge is 0.383 e. The molecule has 2 aliphatic rings. The Balaban J connectivity index is 1.74. The molecular formula is C15H21N3O. The van der Waals surface area contributed by atoms with Gasteiger partial charge in [0.15, 0.2) is 5.96 Å². The summed E-state index contributed by atoms with van der Waals surface area (Å²) in [5.74, 6) is 0.542. The van der Waals surface area contributed by atoms with Crippen molar-refractivity contribution in [3.63, 3.8) is 0 Å². The van der Waals surface area contributed by atoms with Crippen LogP contribution in [0.4, 0.5) is 0 Å². The van der Waals surface area contributed by atoms with Crippen molar-refractivity contribution in [1.82, 2.24) is 4.90 Å². The van der Waals surface area contributed by atoms with Crippen LogP contribution in [0.2, 0.25) is 0 Å². The number of aryl methyl sites for hydroxylation is 1. The topological polar surface area (TPSA) is 61.8 Å². The number of fused-ring (bicyclic) bond motifs is 1. The first-order chi connectivity index (χ1) is 9.10. The van der Waals surface area contributed by atoms with Gasteiger partial charge in [0.2, 0.25) is 0 Å². The zero-order chi connectivity index (χ0) is 13.5. The van der Waals surface area contributed by atoms with Crippen molar-refractivity contribution in [1.29, 1.82) is 0 Å². The lowest BCUT2D eigenvalue weighted by Crippen LogP contribution is -2.37. The molecule has 0 heterocycles. The summed E-state index contributed by atoms with van der Waals surface area (Å²) < 4.78 is 0. The summed E-state index contributed by atoms with van der Waals surface area (Å²) in [5, 5.41) is 10.7. The molecule has 0 amide bonds. The molecule has 4 nitrogen and oxygen atoms in total. The maximum Gasteiger partial charge on any atom is 0.191 e. The van der Waals surface area contributed by atoms with Crippen LogP contribution in [0.5, 0.6) is 0 Å². The first-order valence-electron chi connectivity index (χ1n) is 6.94. The van der Waals surface area contributed by atoms with Crippen molar-refractivity contribution >= 4 is 5.96 Å². The Labute approximate surface area is 113 Å². The van der Waals surface area contributed by atoms with Crippen molar-refractivity contribution in [3.05, 3.63) is 35.4 Å². The quantitative estimate of drug-likeness (QED) is 0.634. The number of rotatable bonds is 3. The first-order valence-corrected chi connectivity index (χ1v) is 6.94. The van der Waals surface area contributed by atoms with Gasteiger partial charge in [0.05, 0.1) is 6.54 Å². The number of benzene rings is 1. The third-order valence-corrected chi connectivity index (χ3v) is 4.29. The fourth-order valence-electron chi connectivity index (χ4n) is 2.80. The van der Waals surface area contributed by atoms with Gasteiger partial charge in [0.1, 0.15) is 5.60 Å². The van der Waals surface area contributed by atoms with Crippen LogP contribution in [-0.2, 0) is 12.0 Å². The van der Waals surface area contributed by atoms with Crippen molar-refractivity contribution < 1.29 is 5.11 Å². The van der Waals surface area contributed by atoms with Gasteiger partial charge in [0, 0.05) is 13.1 Å². The molecule has 1 saturated carbocycles. The molecule has 19 heavy (non-hydrogen) atoms. The standard InChI is InChI=1S/C15H21N3O/c1-18(12-6-7-12)14(16)17-10-15(19)9-8-11-4-2-3-5-13(11)15/h2-5,12,19H,6-10H2,1H3,(H2,16,17). The Morgan fingerprint density at radius 3 is 2.95 bits per heavy atom. The van der Waals surface area contributed by atoms with Crippen molar-refractivity contribution in [3.8, 4) is 0 Å². The van der Waals surface area contributed by atoms with Crippen LogP contribution in [0.1, 0.15) is 30.4 Å². The number of nitrogens with zero attached hydrogens (tertiary/aromatic N) is 2. The zero-order valence-electron chi connectivity index (χ0n) is 11.3. The number of hydrogen-bond donors (Lipinski definition) is 2. The van der Waals surface area contributed by atoms with Crippen molar-refractivity contribution in [2.45, 2.75) is 37.3 Å². The molecule has 1 unspecified atom stereocenters. The van der Waals surface area contributed by atoms with Gasteiger partial charge < -0.3 is 15.7 Å². The van der Waals surface area contributed by atoms with E-state index < -0.39 is 5.60 Å². The minimum absolute atomic E-state index is 0.354. The summed E-state index contributed by atoms with van der Waals surface area (Å²) >= 11 is 0. The molecule has 1 aromatic carbocycles. The minimum Gasteiger partial charge on any atom is -0.383 e. The van der Waals surface area contributed by atoms with Crippen molar-refractivity contribution in [2.24, 2.45) is 10.7 Å². The van der Waals surface area contributed by atoms with Gasteiger partial charge >= 0.3 is 0 Å². The minimum atomic E-state index is -0.842. The highest BCUT2D eigenvalue weighted by atomic mass is 16.3. The molecule has 0 aromatic heterocycles. The number of aliphatic imine (C=N–C) groups is 1. The summed E-state index contributed by atoms with van der Waals surface area (Å²) in [6, 6.07) is 8.62. The normalized spacial score (nSPS) is 26.3. The highest BCUT2D eigenvalue weighted by molar-refractivity contribution is 5.78. The van der Waals surface area contributed by atoms with E-state index in [1.54, 1.807) is 0 Å². The number of nitrogens with two attached hydrogens (primary N) is 1. The Kier molecular flexibility index (Phi) is 2.97. The van der Waals surface area contributed by atoms with Gasteiger partial charge in [-0.1, -0.05) is 24.3 Å². The highest BCUT2D eigenvalue weighted by Gasteiger charge is 2.36. The second-order valence-corrected chi connectivity index (χ2v) is 5.71. The fraction of sp³-hybridized carbons (Fsp3) is 0.533. The van der Waals surface area contributed by atoms with E-state index in [0.29, 0.717) is 18.5 Å². The molecule has 4 heteroatoms. The molecule has 3 N–H and O–H groups in total. The molecule has 2 aliphatic carbocycles. The molecule has 1 fully saturated rings. The first kappa shape index (κ1) is 12.5. The molecule has 0 spiro atoms. The predicted octanol–water partition coefficient (Wildman–Crippen LogP) is 1.23. The van der Waals surface area contributed by atoms with E-state index in [2.05, 4.69) is 11.1 Å². The summed E-state index contributed by atoms with van der Waals surface area (Å²) in [5.41, 5.74) is 7.38. The lowest BCUT2D eigenvalue weighted by atomic mass is 9.96. The molecule has 0 bridgehead atoms. The molecule has 0 saturated heterocycles. The molecule has 1 aromatic rings. The maximum absolute atomic E-state index is 10.7. The molecular weight excluding hydrogens is 238 g/mol. The zero-order valence-corrected chi connectivity index (χ0v) is 11.3. The molecule has 3 rings (SSSR count). The lowest BCUT2D eigenvalue weighted by molar-refractivity contribution is 0.0484. The Morgan fingerprint density at radius 1 is 1.47 bits per heavy atom. The summed E-state index contributed by atoms with van der Waals surface area (Å²) in [6.45, 7) is 0.354. The van der Waals surface area contributed by atoms with Crippen LogP contribution in [0.25, 0.3) is 0 Å². The summed E-state index contributed by atoms with van der Waals surface area (Å²) in [4.78, 5) is 6.43. The monoisotopic (exact) mass is 259 g/mol. The van der Waals surface area contributed by atoms with Crippen LogP contribution in [0.15, 0.2) is 29.3 Å². The van der Waals surface area contributed by atoms with Crippen LogP contribution >= 0.6 is 0 Å². The van der Waals surface area contributed by atoms with Gasteiger partial charge in [-0.25, -0.2) is 4.99 Å². The van der Waals surface area contributed by atoms with E-state index >= 15 is 0 Å². The van der Waals surface area contributed by atoms with Gasteiger partial charge in [0.25, 0.3) is 0 Å². The van der Waals surface area contributed by atoms with E-state index in [0.717, 1.165) is 18.4 Å². The molecule has 1 atom stereocenters. The molecule has 0 aliphatic heterocycles.